The molecule has 68 valence electrons. The van der Waals surface area contributed by atoms with Crippen LogP contribution in [0.2, 0.25) is 0 Å². The van der Waals surface area contributed by atoms with Gasteiger partial charge >= 0.3 is 0 Å². The van der Waals surface area contributed by atoms with Gasteiger partial charge in [0.1, 0.15) is 0 Å². The summed E-state index contributed by atoms with van der Waals surface area (Å²) < 4.78 is 4.97. The third-order valence-electron chi connectivity index (χ3n) is 1.76. The van der Waals surface area contributed by atoms with E-state index in [0.717, 1.165) is 17.6 Å². The summed E-state index contributed by atoms with van der Waals surface area (Å²) >= 11 is 0. The lowest BCUT2D eigenvalue weighted by Crippen LogP contribution is -1.96. The van der Waals surface area contributed by atoms with Gasteiger partial charge < -0.3 is 9.84 Å². The molecule has 0 radical (unpaired) electrons. The van der Waals surface area contributed by atoms with E-state index in [1.807, 2.05) is 13.8 Å². The second-order valence-corrected chi connectivity index (χ2v) is 2.56. The summed E-state index contributed by atoms with van der Waals surface area (Å²) in [5.74, 6) is 0.367. The molecule has 0 amide bonds. The van der Waals surface area contributed by atoms with Gasteiger partial charge in [0.2, 0.25) is 0 Å². The van der Waals surface area contributed by atoms with Crippen molar-refractivity contribution in [1.82, 2.24) is 0 Å². The van der Waals surface area contributed by atoms with Gasteiger partial charge in [-0.25, -0.2) is 0 Å². The smallest absolute Gasteiger partial charge is 0.162 e. The fourth-order valence-electron chi connectivity index (χ4n) is 0.913. The molecule has 0 unspecified atom stereocenters. The first-order valence-electron chi connectivity index (χ1n) is 3.85. The van der Waals surface area contributed by atoms with Gasteiger partial charge in [-0.15, -0.1) is 0 Å². The highest BCUT2D eigenvalue weighted by atomic mass is 16.5. The number of aliphatic hydroxyl groups excluding tert-OH is 1. The Morgan fingerprint density at radius 3 is 2.17 bits per heavy atom. The molecule has 0 aromatic rings. The van der Waals surface area contributed by atoms with Gasteiger partial charge in [-0.2, -0.15) is 0 Å². The van der Waals surface area contributed by atoms with E-state index < -0.39 is 0 Å². The summed E-state index contributed by atoms with van der Waals surface area (Å²) in [5, 5.41) is 9.11. The molecule has 0 aliphatic heterocycles. The molecule has 2 heteroatoms. The van der Waals surface area contributed by atoms with E-state index in [4.69, 9.17) is 9.84 Å². The molecule has 2 nitrogen and oxygen atoms in total. The maximum atomic E-state index is 9.11. The van der Waals surface area contributed by atoms with Gasteiger partial charge in [0.15, 0.2) is 11.5 Å². The first-order valence-corrected chi connectivity index (χ1v) is 3.85. The average molecular weight is 168 g/mol. The number of ether oxygens (including phenoxy) is 1. The van der Waals surface area contributed by atoms with Crippen LogP contribution >= 0.6 is 0 Å². The molecule has 0 spiro atoms. The fourth-order valence-corrected chi connectivity index (χ4v) is 0.913. The molecule has 0 saturated heterocycles. The number of rotatable bonds is 4. The van der Waals surface area contributed by atoms with Crippen molar-refractivity contribution in [2.24, 2.45) is 0 Å². The molecule has 0 aromatic heterocycles. The molecule has 0 aromatic carbocycles. The Morgan fingerprint density at radius 1 is 1.42 bits per heavy atom. The van der Waals surface area contributed by atoms with Crippen LogP contribution in [0.1, 0.15) is 20.3 Å². The second-order valence-electron chi connectivity index (χ2n) is 2.56. The third kappa shape index (κ3) is 2.46. The van der Waals surface area contributed by atoms with Crippen LogP contribution < -0.4 is 0 Å². The van der Waals surface area contributed by atoms with Gasteiger partial charge in [0.05, 0.1) is 7.11 Å². The van der Waals surface area contributed by atoms with Crippen molar-refractivity contribution in [2.75, 3.05) is 7.11 Å². The van der Waals surface area contributed by atoms with E-state index in [2.05, 4.69) is 13.2 Å². The van der Waals surface area contributed by atoms with Crippen molar-refractivity contribution in [3.8, 4) is 0 Å². The zero-order chi connectivity index (χ0) is 9.72. The summed E-state index contributed by atoms with van der Waals surface area (Å²) in [5.41, 5.74) is 1.80. The molecule has 0 heterocycles. The molecular formula is C10H16O2. The van der Waals surface area contributed by atoms with Crippen molar-refractivity contribution in [3.63, 3.8) is 0 Å². The van der Waals surface area contributed by atoms with Gasteiger partial charge in [0.25, 0.3) is 0 Å². The van der Waals surface area contributed by atoms with Crippen molar-refractivity contribution in [1.29, 1.82) is 0 Å². The van der Waals surface area contributed by atoms with E-state index in [-0.39, 0.29) is 5.76 Å². The van der Waals surface area contributed by atoms with Gasteiger partial charge in [-0.05, 0) is 24.5 Å². The molecule has 0 rings (SSSR count). The summed E-state index contributed by atoms with van der Waals surface area (Å²) in [6.45, 7) is 11.1. The minimum absolute atomic E-state index is 0.0513. The van der Waals surface area contributed by atoms with Crippen molar-refractivity contribution in [2.45, 2.75) is 20.3 Å². The molecule has 0 bridgehead atoms. The predicted molar refractivity (Wildman–Crippen MR) is 50.9 cm³/mol. The van der Waals surface area contributed by atoms with Crippen LogP contribution in [-0.4, -0.2) is 12.2 Å². The van der Waals surface area contributed by atoms with Crippen LogP contribution in [0, 0.1) is 0 Å². The van der Waals surface area contributed by atoms with Crippen LogP contribution in [0.3, 0.4) is 0 Å². The standard InChI is InChI=1S/C10H16O2/c1-6-7(2)8(3)10(12-5)9(4)11/h11H,2,4,6H2,1,3,5H3/b10-8+. The Morgan fingerprint density at radius 2 is 1.92 bits per heavy atom. The van der Waals surface area contributed by atoms with Gasteiger partial charge in [-0.3, -0.25) is 0 Å². The summed E-state index contributed by atoms with van der Waals surface area (Å²) in [6.07, 6.45) is 0.839. The topological polar surface area (TPSA) is 29.5 Å². The van der Waals surface area contributed by atoms with E-state index in [1.54, 1.807) is 0 Å². The molecule has 0 atom stereocenters. The van der Waals surface area contributed by atoms with Crippen molar-refractivity contribution >= 4 is 0 Å². The van der Waals surface area contributed by atoms with Crippen LogP contribution in [0.5, 0.6) is 0 Å². The Hall–Kier alpha value is -1.18. The zero-order valence-corrected chi connectivity index (χ0v) is 7.98. The third-order valence-corrected chi connectivity index (χ3v) is 1.76. The predicted octanol–water partition coefficient (Wildman–Crippen LogP) is 2.94. The number of methoxy groups -OCH3 is 1. The monoisotopic (exact) mass is 168 g/mol. The summed E-state index contributed by atoms with van der Waals surface area (Å²) in [6, 6.07) is 0. The molecule has 0 fully saturated rings. The van der Waals surface area contributed by atoms with Crippen LogP contribution in [0.25, 0.3) is 0 Å². The Labute approximate surface area is 73.9 Å². The van der Waals surface area contributed by atoms with Crippen molar-refractivity contribution in [3.05, 3.63) is 35.8 Å². The van der Waals surface area contributed by atoms with Crippen LogP contribution in [-0.2, 0) is 4.74 Å². The summed E-state index contributed by atoms with van der Waals surface area (Å²) in [4.78, 5) is 0. The minimum Gasteiger partial charge on any atom is -0.505 e. The van der Waals surface area contributed by atoms with E-state index in [1.165, 1.54) is 7.11 Å². The highest BCUT2D eigenvalue weighted by molar-refractivity contribution is 5.35. The highest BCUT2D eigenvalue weighted by Crippen LogP contribution is 2.19. The number of aliphatic hydroxyl groups is 1. The Kier molecular flexibility index (Phi) is 4.19. The number of allylic oxidation sites excluding steroid dienone is 2. The van der Waals surface area contributed by atoms with E-state index in [0.29, 0.717) is 5.76 Å². The lowest BCUT2D eigenvalue weighted by atomic mass is 10.1. The molecular weight excluding hydrogens is 152 g/mol. The molecule has 0 saturated carbocycles. The second kappa shape index (κ2) is 4.65. The van der Waals surface area contributed by atoms with Crippen molar-refractivity contribution < 1.29 is 9.84 Å². The molecule has 0 aliphatic rings. The maximum absolute atomic E-state index is 9.11. The molecule has 0 aliphatic carbocycles. The van der Waals surface area contributed by atoms with Gasteiger partial charge in [0, 0.05) is 0 Å². The number of hydrogen-bond donors (Lipinski definition) is 1. The molecule has 1 N–H and O–H groups in total. The lowest BCUT2D eigenvalue weighted by molar-refractivity contribution is 0.253. The lowest BCUT2D eigenvalue weighted by Gasteiger charge is -2.10. The zero-order valence-electron chi connectivity index (χ0n) is 7.98. The van der Waals surface area contributed by atoms with E-state index in [9.17, 15) is 0 Å². The van der Waals surface area contributed by atoms with E-state index >= 15 is 0 Å². The summed E-state index contributed by atoms with van der Waals surface area (Å²) in [7, 11) is 1.50. The molecule has 12 heavy (non-hydrogen) atoms. The van der Waals surface area contributed by atoms with Crippen LogP contribution in [0.15, 0.2) is 35.8 Å². The quantitative estimate of drug-likeness (QED) is 0.516. The Balaban J connectivity index is 4.84. The largest absolute Gasteiger partial charge is 0.505 e. The SMILES string of the molecule is C=C(CC)/C(C)=C(/OC)C(=C)O. The number of hydrogen-bond acceptors (Lipinski definition) is 2. The normalized spacial score (nSPS) is 11.9. The van der Waals surface area contributed by atoms with Gasteiger partial charge in [-0.1, -0.05) is 20.1 Å². The first kappa shape index (κ1) is 10.8. The minimum atomic E-state index is -0.0513. The Bertz CT molecular complexity index is 224. The first-order chi connectivity index (χ1) is 5.54. The highest BCUT2D eigenvalue weighted by Gasteiger charge is 2.07. The fraction of sp³-hybridized carbons (Fsp3) is 0.400. The maximum Gasteiger partial charge on any atom is 0.162 e. The van der Waals surface area contributed by atoms with Crippen LogP contribution in [0.4, 0.5) is 0 Å². The average Bonchev–Trinajstić information content (AvgIpc) is 2.03.